The number of alkyl halides is 3. The van der Waals surface area contributed by atoms with Crippen molar-refractivity contribution >= 4 is 16.7 Å². The molecule has 49 heavy (non-hydrogen) atoms. The van der Waals surface area contributed by atoms with Crippen molar-refractivity contribution in [1.29, 1.82) is 31.6 Å². The summed E-state index contributed by atoms with van der Waals surface area (Å²) in [5.74, 6) is -19.3. The molecule has 0 saturated heterocycles. The highest BCUT2D eigenvalue weighted by Gasteiger charge is 2.46. The first-order valence-electron chi connectivity index (χ1n) is 12.6. The van der Waals surface area contributed by atoms with E-state index in [4.69, 9.17) is 10.5 Å². The normalized spacial score (nSPS) is 14.0. The molecule has 3 aromatic rings. The second-order valence-corrected chi connectivity index (χ2v) is 9.65. The monoisotopic (exact) mass is 682 g/mol. The van der Waals surface area contributed by atoms with E-state index in [1.54, 1.807) is 0 Å². The Kier molecular flexibility index (Phi) is 8.79. The fraction of sp³-hybridized carbons (Fsp3) is 0.0625. The smallest absolute Gasteiger partial charge is 0.203 e. The van der Waals surface area contributed by atoms with E-state index in [-0.39, 0.29) is 6.07 Å². The Morgan fingerprint density at radius 3 is 1.08 bits per heavy atom. The van der Waals surface area contributed by atoms with Crippen molar-refractivity contribution in [3.05, 3.63) is 120 Å². The van der Waals surface area contributed by atoms with E-state index in [2.05, 4.69) is 0 Å². The number of nitrogens with zero attached hydrogens (tertiary/aromatic N) is 6. The molecule has 3 aromatic carbocycles. The molecule has 0 aromatic heterocycles. The quantitative estimate of drug-likeness (QED) is 0.156. The number of rotatable bonds is 3. The molecule has 0 unspecified atom stereocenters. The van der Waals surface area contributed by atoms with Crippen molar-refractivity contribution in [2.75, 3.05) is 0 Å². The van der Waals surface area contributed by atoms with Crippen LogP contribution in [-0.2, 0) is 6.18 Å². The SMILES string of the molecule is Cc1cc(C#N)cc(C(F)(F)F)c1C(C#N)=C1C(=C(C#N)c2c(F)c(F)c(C#N)c(F)c2F)C1=C(C#N)c1c(F)c(F)c(C#N)c(F)c1F. The van der Waals surface area contributed by atoms with Gasteiger partial charge in [-0.2, -0.15) is 44.7 Å². The Labute approximate surface area is 266 Å². The third kappa shape index (κ3) is 5.26. The van der Waals surface area contributed by atoms with Crippen molar-refractivity contribution in [3.63, 3.8) is 0 Å². The number of aryl methyl sites for hydroxylation is 1. The van der Waals surface area contributed by atoms with Gasteiger partial charge in [0, 0.05) is 22.3 Å². The zero-order valence-electron chi connectivity index (χ0n) is 23.5. The van der Waals surface area contributed by atoms with Crippen molar-refractivity contribution in [2.45, 2.75) is 13.1 Å². The van der Waals surface area contributed by atoms with Crippen LogP contribution < -0.4 is 0 Å². The van der Waals surface area contributed by atoms with Gasteiger partial charge in [-0.15, -0.1) is 0 Å². The predicted molar refractivity (Wildman–Crippen MR) is 140 cm³/mol. The average molecular weight is 682 g/mol. The Morgan fingerprint density at radius 1 is 0.490 bits per heavy atom. The standard InChI is InChI=1S/C32H5F11N6/c1-10-2-11(4-44)3-17(32(41,42)43)18(10)12(5-45)19-20(13(6-46)22-28(37)24(33)15(8-48)25(34)29(22)38)21(19)14(7-47)23-30(39)26(35)16(9-49)27(36)31(23)40/h2-3H,1H3. The van der Waals surface area contributed by atoms with E-state index in [0.29, 0.717) is 0 Å². The van der Waals surface area contributed by atoms with Gasteiger partial charge in [0.2, 0.25) is 0 Å². The Bertz CT molecular complexity index is 2250. The fourth-order valence-electron chi connectivity index (χ4n) is 4.95. The zero-order valence-corrected chi connectivity index (χ0v) is 23.5. The van der Waals surface area contributed by atoms with Gasteiger partial charge in [0.05, 0.1) is 45.0 Å². The minimum absolute atomic E-state index is 0.251. The van der Waals surface area contributed by atoms with Gasteiger partial charge in [0.1, 0.15) is 41.5 Å². The summed E-state index contributed by atoms with van der Waals surface area (Å²) in [6.07, 6.45) is -5.39. The molecule has 1 saturated carbocycles. The summed E-state index contributed by atoms with van der Waals surface area (Å²) in [7, 11) is 0. The van der Waals surface area contributed by atoms with E-state index in [1.165, 1.54) is 12.1 Å². The van der Waals surface area contributed by atoms with Crippen molar-refractivity contribution < 1.29 is 48.3 Å². The van der Waals surface area contributed by atoms with Crippen molar-refractivity contribution in [2.24, 2.45) is 0 Å². The van der Waals surface area contributed by atoms with Crippen LogP contribution in [0.25, 0.3) is 16.7 Å². The lowest BCUT2D eigenvalue weighted by Gasteiger charge is -2.15. The van der Waals surface area contributed by atoms with Gasteiger partial charge < -0.3 is 0 Å². The van der Waals surface area contributed by atoms with E-state index in [9.17, 15) is 51.8 Å². The largest absolute Gasteiger partial charge is 0.417 e. The van der Waals surface area contributed by atoms with Gasteiger partial charge >= 0.3 is 6.18 Å². The first-order chi connectivity index (χ1) is 23.0. The van der Waals surface area contributed by atoms with E-state index >= 15 is 17.6 Å². The molecule has 0 atom stereocenters. The zero-order chi connectivity index (χ0) is 36.9. The molecular weight excluding hydrogens is 677 g/mol. The summed E-state index contributed by atoms with van der Waals surface area (Å²) in [5.41, 5.74) is -19.6. The molecule has 1 aliphatic carbocycles. The second-order valence-electron chi connectivity index (χ2n) is 9.65. The van der Waals surface area contributed by atoms with Crippen LogP contribution in [0.15, 0.2) is 28.9 Å². The van der Waals surface area contributed by atoms with Crippen LogP contribution in [0.5, 0.6) is 0 Å². The lowest BCUT2D eigenvalue weighted by molar-refractivity contribution is -0.137. The molecule has 0 aliphatic heterocycles. The molecule has 0 bridgehead atoms. The molecule has 0 amide bonds. The highest BCUT2D eigenvalue weighted by molar-refractivity contribution is 6.12. The van der Waals surface area contributed by atoms with E-state index in [1.807, 2.05) is 0 Å². The van der Waals surface area contributed by atoms with Gasteiger partial charge in [0.15, 0.2) is 46.5 Å². The number of benzene rings is 3. The second kappa shape index (κ2) is 12.3. The molecule has 0 N–H and O–H groups in total. The molecule has 0 spiro atoms. The first kappa shape index (κ1) is 34.9. The maximum absolute atomic E-state index is 15.2. The molecule has 1 fully saturated rings. The summed E-state index contributed by atoms with van der Waals surface area (Å²) in [6.45, 7) is 0.935. The van der Waals surface area contributed by atoms with Crippen molar-refractivity contribution in [1.82, 2.24) is 0 Å². The molecular formula is C32H5F11N6. The van der Waals surface area contributed by atoms with Crippen molar-refractivity contribution in [3.8, 4) is 36.4 Å². The summed E-state index contributed by atoms with van der Waals surface area (Å²) in [4.78, 5) is 0. The van der Waals surface area contributed by atoms with E-state index < -0.39 is 131 Å². The molecule has 0 heterocycles. The van der Waals surface area contributed by atoms with Gasteiger partial charge in [0.25, 0.3) is 0 Å². The summed E-state index contributed by atoms with van der Waals surface area (Å²) >= 11 is 0. The van der Waals surface area contributed by atoms with Gasteiger partial charge in [-0.25, -0.2) is 35.1 Å². The lowest BCUT2D eigenvalue weighted by Crippen LogP contribution is -2.11. The third-order valence-electron chi connectivity index (χ3n) is 7.04. The number of nitriles is 6. The molecule has 4 rings (SSSR count). The molecule has 0 radical (unpaired) electrons. The Hall–Kier alpha value is -6.95. The summed E-state index contributed by atoms with van der Waals surface area (Å²) < 4.78 is 162. The van der Waals surface area contributed by atoms with Gasteiger partial charge in [-0.05, 0) is 24.6 Å². The molecule has 17 heteroatoms. The Morgan fingerprint density at radius 2 is 0.816 bits per heavy atom. The molecule has 240 valence electrons. The lowest BCUT2D eigenvalue weighted by atomic mass is 9.91. The van der Waals surface area contributed by atoms with Crippen LogP contribution >= 0.6 is 0 Å². The number of halogens is 11. The van der Waals surface area contributed by atoms with Crippen LogP contribution in [0.4, 0.5) is 48.3 Å². The first-order valence-corrected chi connectivity index (χ1v) is 12.6. The minimum Gasteiger partial charge on any atom is -0.203 e. The Balaban J connectivity index is 2.38. The maximum Gasteiger partial charge on any atom is 0.417 e. The van der Waals surface area contributed by atoms with Crippen LogP contribution in [0.3, 0.4) is 0 Å². The summed E-state index contributed by atoms with van der Waals surface area (Å²) in [6, 6.07) is 7.57. The minimum atomic E-state index is -5.39. The number of hydrogen-bond acceptors (Lipinski definition) is 6. The molecule has 6 nitrogen and oxygen atoms in total. The predicted octanol–water partition coefficient (Wildman–Crippen LogP) is 7.99. The van der Waals surface area contributed by atoms with Crippen LogP contribution in [0.2, 0.25) is 0 Å². The topological polar surface area (TPSA) is 143 Å². The fourth-order valence-corrected chi connectivity index (χ4v) is 4.95. The van der Waals surface area contributed by atoms with Crippen LogP contribution in [-0.4, -0.2) is 0 Å². The third-order valence-corrected chi connectivity index (χ3v) is 7.04. The van der Waals surface area contributed by atoms with Crippen LogP contribution in [0.1, 0.15) is 44.5 Å². The van der Waals surface area contributed by atoms with Gasteiger partial charge in [-0.3, -0.25) is 0 Å². The molecule has 1 aliphatic rings. The maximum atomic E-state index is 15.2. The van der Waals surface area contributed by atoms with Crippen LogP contribution in [0, 0.1) is 121 Å². The van der Waals surface area contributed by atoms with E-state index in [0.717, 1.165) is 37.3 Å². The highest BCUT2D eigenvalue weighted by atomic mass is 19.4. The average Bonchev–Trinajstić information content (AvgIpc) is 3.77. The van der Waals surface area contributed by atoms with Gasteiger partial charge in [-0.1, -0.05) is 0 Å². The highest BCUT2D eigenvalue weighted by Crippen LogP contribution is 2.58. The number of allylic oxidation sites excluding steroid dienone is 6. The number of hydrogen-bond donors (Lipinski definition) is 0. The summed E-state index contributed by atoms with van der Waals surface area (Å²) in [5, 5.41) is 56.9.